The molecule has 8 nitrogen and oxygen atoms in total. The summed E-state index contributed by atoms with van der Waals surface area (Å²) in [5.41, 5.74) is 2.41. The number of phenolic OH excluding ortho intramolecular Hbond substituents is 2. The maximum absolute atomic E-state index is 12.2. The van der Waals surface area contributed by atoms with E-state index in [4.69, 9.17) is 4.74 Å². The molecule has 0 fully saturated rings. The Morgan fingerprint density at radius 3 is 2.63 bits per heavy atom. The van der Waals surface area contributed by atoms with Crippen LogP contribution in [0.1, 0.15) is 6.92 Å². The van der Waals surface area contributed by atoms with E-state index in [1.807, 2.05) is 13.0 Å². The smallest absolute Gasteiger partial charge is 0.279 e. The molecule has 0 saturated heterocycles. The van der Waals surface area contributed by atoms with E-state index in [0.29, 0.717) is 35.0 Å². The Morgan fingerprint density at radius 1 is 1.07 bits per heavy atom. The summed E-state index contributed by atoms with van der Waals surface area (Å²) >= 11 is 0. The Kier molecular flexibility index (Phi) is 4.00. The highest BCUT2D eigenvalue weighted by Gasteiger charge is 2.14. The van der Waals surface area contributed by atoms with Crippen molar-refractivity contribution in [1.29, 1.82) is 0 Å². The van der Waals surface area contributed by atoms with Crippen molar-refractivity contribution in [3.8, 4) is 39.8 Å². The highest BCUT2D eigenvalue weighted by molar-refractivity contribution is 5.77. The van der Waals surface area contributed by atoms with Crippen molar-refractivity contribution in [2.24, 2.45) is 0 Å². The van der Waals surface area contributed by atoms with Crippen molar-refractivity contribution in [2.45, 2.75) is 6.92 Å². The number of benzene rings is 2. The summed E-state index contributed by atoms with van der Waals surface area (Å²) in [4.78, 5) is 26.1. The fourth-order valence-electron chi connectivity index (χ4n) is 2.85. The number of aromatic nitrogens is 4. The summed E-state index contributed by atoms with van der Waals surface area (Å²) < 4.78 is 5.74. The molecule has 2 aromatic carbocycles. The van der Waals surface area contributed by atoms with E-state index >= 15 is 0 Å². The van der Waals surface area contributed by atoms with Crippen LogP contribution in [0.4, 0.5) is 0 Å². The lowest BCUT2D eigenvalue weighted by Crippen LogP contribution is -2.10. The number of nitrogens with zero attached hydrogens (tertiary/aromatic N) is 2. The van der Waals surface area contributed by atoms with Crippen LogP contribution in [0, 0.1) is 0 Å². The Bertz CT molecular complexity index is 1200. The van der Waals surface area contributed by atoms with Gasteiger partial charge in [0.2, 0.25) is 0 Å². The third-order valence-corrected chi connectivity index (χ3v) is 4.14. The molecule has 0 aliphatic rings. The van der Waals surface area contributed by atoms with Crippen molar-refractivity contribution in [1.82, 2.24) is 19.9 Å². The van der Waals surface area contributed by atoms with Crippen molar-refractivity contribution in [3.63, 3.8) is 0 Å². The Hall–Kier alpha value is -3.81. The van der Waals surface area contributed by atoms with E-state index in [2.05, 4.69) is 19.9 Å². The van der Waals surface area contributed by atoms with Crippen LogP contribution in [-0.4, -0.2) is 36.8 Å². The number of H-pyrrole nitrogens is 2. The number of aromatic amines is 2. The van der Waals surface area contributed by atoms with Gasteiger partial charge in [-0.25, -0.2) is 9.97 Å². The molecule has 0 unspecified atom stereocenters. The molecule has 0 atom stereocenters. The van der Waals surface area contributed by atoms with Gasteiger partial charge in [-0.05, 0) is 42.3 Å². The van der Waals surface area contributed by atoms with Crippen LogP contribution < -0.4 is 10.3 Å². The van der Waals surface area contributed by atoms with E-state index in [-0.39, 0.29) is 22.6 Å². The first kappa shape index (κ1) is 16.6. The van der Waals surface area contributed by atoms with Gasteiger partial charge >= 0.3 is 0 Å². The normalized spacial score (nSPS) is 11.0. The number of hydrogen-bond acceptors (Lipinski definition) is 6. The highest BCUT2D eigenvalue weighted by atomic mass is 16.5. The molecular formula is C19H16N4O4. The molecule has 4 aromatic rings. The molecule has 27 heavy (non-hydrogen) atoms. The molecule has 8 heteroatoms. The maximum atomic E-state index is 12.2. The topological polar surface area (TPSA) is 124 Å². The summed E-state index contributed by atoms with van der Waals surface area (Å²) in [5, 5.41) is 19.2. The second-order valence-electron chi connectivity index (χ2n) is 5.86. The van der Waals surface area contributed by atoms with E-state index < -0.39 is 0 Å². The fraction of sp³-hybridized carbons (Fsp3) is 0.105. The second-order valence-corrected chi connectivity index (χ2v) is 5.86. The monoisotopic (exact) mass is 364 g/mol. The van der Waals surface area contributed by atoms with E-state index in [1.54, 1.807) is 18.2 Å². The molecule has 0 radical (unpaired) electrons. The summed E-state index contributed by atoms with van der Waals surface area (Å²) in [6.45, 7) is 2.28. The summed E-state index contributed by atoms with van der Waals surface area (Å²) in [7, 11) is 0. The molecule has 0 aliphatic heterocycles. The van der Waals surface area contributed by atoms with Crippen molar-refractivity contribution < 1.29 is 14.9 Å². The lowest BCUT2D eigenvalue weighted by atomic mass is 10.0. The molecule has 4 rings (SSSR count). The number of phenols is 2. The van der Waals surface area contributed by atoms with Crippen LogP contribution in [0.2, 0.25) is 0 Å². The molecule has 136 valence electrons. The first-order chi connectivity index (χ1) is 13.1. The Labute approximate surface area is 153 Å². The predicted molar refractivity (Wildman–Crippen MR) is 99.9 cm³/mol. The van der Waals surface area contributed by atoms with Crippen LogP contribution in [0.25, 0.3) is 33.7 Å². The van der Waals surface area contributed by atoms with Crippen molar-refractivity contribution >= 4 is 11.2 Å². The first-order valence-electron chi connectivity index (χ1n) is 8.30. The van der Waals surface area contributed by atoms with Gasteiger partial charge in [-0.3, -0.25) is 4.79 Å². The molecule has 4 N–H and O–H groups in total. The van der Waals surface area contributed by atoms with Gasteiger partial charge in [0.05, 0.1) is 18.5 Å². The molecule has 2 heterocycles. The van der Waals surface area contributed by atoms with E-state index in [9.17, 15) is 15.0 Å². The Morgan fingerprint density at radius 2 is 1.85 bits per heavy atom. The number of ether oxygens (including phenoxy) is 1. The third-order valence-electron chi connectivity index (χ3n) is 4.14. The number of fused-ring (bicyclic) bond motifs is 1. The molecule has 0 spiro atoms. The number of hydrogen-bond donors (Lipinski definition) is 4. The van der Waals surface area contributed by atoms with Crippen LogP contribution in [-0.2, 0) is 0 Å². The zero-order valence-electron chi connectivity index (χ0n) is 14.4. The minimum Gasteiger partial charge on any atom is -0.504 e. The van der Waals surface area contributed by atoms with Crippen LogP contribution in [0.3, 0.4) is 0 Å². The molecule has 0 amide bonds. The van der Waals surface area contributed by atoms with Crippen LogP contribution in [0.5, 0.6) is 17.2 Å². The lowest BCUT2D eigenvalue weighted by Gasteiger charge is -2.12. The largest absolute Gasteiger partial charge is 0.504 e. The quantitative estimate of drug-likeness (QED) is 0.413. The van der Waals surface area contributed by atoms with Gasteiger partial charge in [0.15, 0.2) is 22.7 Å². The number of rotatable bonds is 4. The third kappa shape index (κ3) is 2.97. The standard InChI is InChI=1S/C19H16N4O4/c1-2-27-15-8-11(10-4-6-13(24)14(25)7-10)3-5-12(15)17-22-18-16(19(26)23-17)20-9-21-18/h3-9,24-25H,2H2,1H3,(H2,20,21,22,23,26). The van der Waals surface area contributed by atoms with Gasteiger partial charge < -0.3 is 24.9 Å². The predicted octanol–water partition coefficient (Wildman–Crippen LogP) is 2.79. The van der Waals surface area contributed by atoms with Crippen LogP contribution >= 0.6 is 0 Å². The van der Waals surface area contributed by atoms with Gasteiger partial charge in [0, 0.05) is 0 Å². The molecule has 0 bridgehead atoms. The first-order valence-corrected chi connectivity index (χ1v) is 8.30. The lowest BCUT2D eigenvalue weighted by molar-refractivity contribution is 0.341. The zero-order valence-corrected chi connectivity index (χ0v) is 14.4. The highest BCUT2D eigenvalue weighted by Crippen LogP contribution is 2.35. The molecule has 0 saturated carbocycles. The van der Waals surface area contributed by atoms with Crippen molar-refractivity contribution in [2.75, 3.05) is 6.61 Å². The minimum absolute atomic E-state index is 0.185. The van der Waals surface area contributed by atoms with Gasteiger partial charge in [0.1, 0.15) is 11.6 Å². The van der Waals surface area contributed by atoms with Gasteiger partial charge in [-0.2, -0.15) is 0 Å². The summed E-state index contributed by atoms with van der Waals surface area (Å²) in [5.74, 6) is 0.505. The zero-order chi connectivity index (χ0) is 19.0. The van der Waals surface area contributed by atoms with E-state index in [1.165, 1.54) is 18.5 Å². The van der Waals surface area contributed by atoms with Gasteiger partial charge in [0.25, 0.3) is 5.56 Å². The van der Waals surface area contributed by atoms with Gasteiger partial charge in [-0.15, -0.1) is 0 Å². The van der Waals surface area contributed by atoms with Gasteiger partial charge in [-0.1, -0.05) is 12.1 Å². The average molecular weight is 364 g/mol. The number of imidazole rings is 1. The fourth-order valence-corrected chi connectivity index (χ4v) is 2.85. The minimum atomic E-state index is -0.341. The Balaban J connectivity index is 1.85. The SMILES string of the molecule is CCOc1cc(-c2ccc(O)c(O)c2)ccc1-c1nc2[nH]cnc2c(=O)[nH]1. The average Bonchev–Trinajstić information content (AvgIpc) is 3.13. The maximum Gasteiger partial charge on any atom is 0.279 e. The number of aromatic hydroxyl groups is 2. The van der Waals surface area contributed by atoms with E-state index in [0.717, 1.165) is 5.56 Å². The summed E-state index contributed by atoms with van der Waals surface area (Å²) in [6, 6.07) is 9.98. The molecule has 0 aliphatic carbocycles. The van der Waals surface area contributed by atoms with Crippen LogP contribution in [0.15, 0.2) is 47.5 Å². The summed E-state index contributed by atoms with van der Waals surface area (Å²) in [6.07, 6.45) is 1.42. The number of nitrogens with one attached hydrogen (secondary N) is 2. The second kappa shape index (κ2) is 6.49. The van der Waals surface area contributed by atoms with Crippen molar-refractivity contribution in [3.05, 3.63) is 53.1 Å². The molecular weight excluding hydrogens is 348 g/mol. The molecule has 2 aromatic heterocycles.